The number of para-hydroxylation sites is 1. The molecule has 0 atom stereocenters. The maximum absolute atomic E-state index is 14.3. The first-order chi connectivity index (χ1) is 16.0. The van der Waals surface area contributed by atoms with Crippen LogP contribution in [0.2, 0.25) is 0 Å². The van der Waals surface area contributed by atoms with Gasteiger partial charge in [0.05, 0.1) is 19.3 Å². The summed E-state index contributed by atoms with van der Waals surface area (Å²) < 4.78 is 21.1. The van der Waals surface area contributed by atoms with Crippen LogP contribution in [0.1, 0.15) is 16.1 Å². The molecule has 0 aliphatic rings. The molecule has 0 fully saturated rings. The van der Waals surface area contributed by atoms with E-state index in [4.69, 9.17) is 4.74 Å². The number of carbonyl (C=O) groups is 1. The Bertz CT molecular complexity index is 1410. The molecule has 1 N–H and O–H groups in total. The van der Waals surface area contributed by atoms with Crippen LogP contribution < -0.4 is 21.3 Å². The molecule has 0 spiro atoms. The topological polar surface area (TPSA) is 95.2 Å². The van der Waals surface area contributed by atoms with Gasteiger partial charge in [0.15, 0.2) is 0 Å². The van der Waals surface area contributed by atoms with Gasteiger partial charge in [0.2, 0.25) is 5.69 Å². The molecular weight excluding hydrogens is 427 g/mol. The second-order valence-corrected chi connectivity index (χ2v) is 7.04. The zero-order chi connectivity index (χ0) is 23.4. The highest BCUT2D eigenvalue weighted by Gasteiger charge is 2.21. The molecule has 8 nitrogen and oxygen atoms in total. The molecule has 0 radical (unpaired) electrons. The molecule has 33 heavy (non-hydrogen) atoms. The second kappa shape index (κ2) is 9.31. The summed E-state index contributed by atoms with van der Waals surface area (Å²) in [4.78, 5) is 39.2. The summed E-state index contributed by atoms with van der Waals surface area (Å²) in [6.07, 6.45) is 0. The number of benzene rings is 3. The fourth-order valence-corrected chi connectivity index (χ4v) is 3.20. The third-order valence-electron chi connectivity index (χ3n) is 4.91. The predicted molar refractivity (Wildman–Crippen MR) is 121 cm³/mol. The van der Waals surface area contributed by atoms with Gasteiger partial charge in [-0.3, -0.25) is 14.2 Å². The summed E-state index contributed by atoms with van der Waals surface area (Å²) in [7, 11) is 1.50. The summed E-state index contributed by atoms with van der Waals surface area (Å²) in [6, 6.07) is 20.6. The van der Waals surface area contributed by atoms with Gasteiger partial charge in [-0.05, 0) is 42.5 Å². The Hall–Kier alpha value is -4.53. The monoisotopic (exact) mass is 446 g/mol. The Morgan fingerprint density at radius 1 is 0.970 bits per heavy atom. The largest absolute Gasteiger partial charge is 0.497 e. The van der Waals surface area contributed by atoms with E-state index < -0.39 is 28.7 Å². The lowest BCUT2D eigenvalue weighted by molar-refractivity contribution is 0.101. The molecule has 1 heterocycles. The summed E-state index contributed by atoms with van der Waals surface area (Å²) >= 11 is 0. The highest BCUT2D eigenvalue weighted by Crippen LogP contribution is 2.13. The van der Waals surface area contributed by atoms with E-state index in [1.54, 1.807) is 60.7 Å². The smallest absolute Gasteiger partial charge is 0.352 e. The molecular formula is C24H19FN4O4. The van der Waals surface area contributed by atoms with E-state index in [0.717, 1.165) is 9.25 Å². The van der Waals surface area contributed by atoms with Gasteiger partial charge in [0.1, 0.15) is 11.6 Å². The van der Waals surface area contributed by atoms with Crippen molar-refractivity contribution in [1.29, 1.82) is 0 Å². The van der Waals surface area contributed by atoms with Gasteiger partial charge in [-0.25, -0.2) is 9.18 Å². The SMILES string of the molecule is COc1ccc(-n2nc(C(=O)Nc3ccccc3)c(=O)n(Cc3ccccc3F)c2=O)cc1. The van der Waals surface area contributed by atoms with Crippen molar-refractivity contribution in [2.75, 3.05) is 12.4 Å². The van der Waals surface area contributed by atoms with Gasteiger partial charge < -0.3 is 10.1 Å². The van der Waals surface area contributed by atoms with Gasteiger partial charge >= 0.3 is 5.69 Å². The molecule has 0 unspecified atom stereocenters. The first kappa shape index (κ1) is 21.7. The standard InChI is InChI=1S/C24H19FN4O4/c1-33-19-13-11-18(12-14-19)29-24(32)28(15-16-7-5-6-10-20(16)25)23(31)21(27-29)22(30)26-17-8-3-2-4-9-17/h2-14H,15H2,1H3,(H,26,30). The Labute approximate surface area is 187 Å². The molecule has 166 valence electrons. The van der Waals surface area contributed by atoms with Gasteiger partial charge in [-0.1, -0.05) is 36.4 Å². The van der Waals surface area contributed by atoms with Crippen LogP contribution in [0.25, 0.3) is 5.69 Å². The highest BCUT2D eigenvalue weighted by molar-refractivity contribution is 6.02. The summed E-state index contributed by atoms with van der Waals surface area (Å²) in [5, 5.41) is 6.64. The number of aromatic nitrogens is 3. The van der Waals surface area contributed by atoms with Gasteiger partial charge in [0, 0.05) is 11.3 Å². The molecule has 0 bridgehead atoms. The Balaban J connectivity index is 1.86. The first-order valence-corrected chi connectivity index (χ1v) is 9.96. The van der Waals surface area contributed by atoms with Crippen LogP contribution in [0.3, 0.4) is 0 Å². The van der Waals surface area contributed by atoms with Crippen LogP contribution in [0, 0.1) is 5.82 Å². The molecule has 0 saturated heterocycles. The third kappa shape index (κ3) is 4.57. The number of carbonyl (C=O) groups excluding carboxylic acids is 1. The van der Waals surface area contributed by atoms with Crippen molar-refractivity contribution < 1.29 is 13.9 Å². The lowest BCUT2D eigenvalue weighted by Gasteiger charge is -2.13. The first-order valence-electron chi connectivity index (χ1n) is 9.96. The van der Waals surface area contributed by atoms with Crippen LogP contribution in [-0.4, -0.2) is 27.4 Å². The number of halogens is 1. The number of nitrogens with zero attached hydrogens (tertiary/aromatic N) is 3. The molecule has 0 aliphatic heterocycles. The number of amides is 1. The molecule has 0 saturated carbocycles. The number of nitrogens with one attached hydrogen (secondary N) is 1. The third-order valence-corrected chi connectivity index (χ3v) is 4.91. The van der Waals surface area contributed by atoms with Crippen LogP contribution in [0.15, 0.2) is 88.5 Å². The number of hydrogen-bond acceptors (Lipinski definition) is 5. The quantitative estimate of drug-likeness (QED) is 0.492. The molecule has 1 amide bonds. The molecule has 1 aromatic heterocycles. The normalized spacial score (nSPS) is 10.6. The van der Waals surface area contributed by atoms with E-state index in [-0.39, 0.29) is 12.1 Å². The Morgan fingerprint density at radius 2 is 1.64 bits per heavy atom. The molecule has 4 aromatic rings. The van der Waals surface area contributed by atoms with Crippen LogP contribution in [-0.2, 0) is 6.54 Å². The van der Waals surface area contributed by atoms with Gasteiger partial charge in [0.25, 0.3) is 11.5 Å². The Morgan fingerprint density at radius 3 is 2.30 bits per heavy atom. The van der Waals surface area contributed by atoms with Crippen molar-refractivity contribution in [3.05, 3.63) is 117 Å². The molecule has 4 rings (SSSR count). The highest BCUT2D eigenvalue weighted by atomic mass is 19.1. The van der Waals surface area contributed by atoms with Crippen molar-refractivity contribution >= 4 is 11.6 Å². The van der Waals surface area contributed by atoms with Crippen molar-refractivity contribution in [3.63, 3.8) is 0 Å². The van der Waals surface area contributed by atoms with E-state index in [0.29, 0.717) is 17.1 Å². The van der Waals surface area contributed by atoms with Crippen molar-refractivity contribution in [2.24, 2.45) is 0 Å². The maximum Gasteiger partial charge on any atom is 0.352 e. The van der Waals surface area contributed by atoms with Gasteiger partial charge in [-0.2, -0.15) is 9.78 Å². The van der Waals surface area contributed by atoms with Crippen molar-refractivity contribution in [3.8, 4) is 11.4 Å². The number of hydrogen-bond donors (Lipinski definition) is 1. The lowest BCUT2D eigenvalue weighted by atomic mass is 10.2. The van der Waals surface area contributed by atoms with Crippen LogP contribution in [0.4, 0.5) is 10.1 Å². The fourth-order valence-electron chi connectivity index (χ4n) is 3.20. The minimum absolute atomic E-state index is 0.124. The fraction of sp³-hybridized carbons (Fsp3) is 0.0833. The zero-order valence-corrected chi connectivity index (χ0v) is 17.6. The molecule has 3 aromatic carbocycles. The predicted octanol–water partition coefficient (Wildman–Crippen LogP) is 2.84. The van der Waals surface area contributed by atoms with Crippen molar-refractivity contribution in [1.82, 2.24) is 14.3 Å². The minimum Gasteiger partial charge on any atom is -0.497 e. The average Bonchev–Trinajstić information content (AvgIpc) is 2.83. The van der Waals surface area contributed by atoms with Crippen LogP contribution >= 0.6 is 0 Å². The number of methoxy groups -OCH3 is 1. The van der Waals surface area contributed by atoms with E-state index in [1.807, 2.05) is 0 Å². The van der Waals surface area contributed by atoms with E-state index in [1.165, 1.54) is 25.3 Å². The Kier molecular flexibility index (Phi) is 6.12. The van der Waals surface area contributed by atoms with E-state index >= 15 is 0 Å². The van der Waals surface area contributed by atoms with E-state index in [2.05, 4.69) is 10.4 Å². The minimum atomic E-state index is -0.929. The molecule has 0 aliphatic carbocycles. The van der Waals surface area contributed by atoms with Crippen molar-refractivity contribution in [2.45, 2.75) is 6.54 Å². The van der Waals surface area contributed by atoms with Gasteiger partial charge in [-0.15, -0.1) is 0 Å². The summed E-state index contributed by atoms with van der Waals surface area (Å²) in [5.74, 6) is -0.823. The second-order valence-electron chi connectivity index (χ2n) is 7.04. The summed E-state index contributed by atoms with van der Waals surface area (Å²) in [6.45, 7) is -0.366. The van der Waals surface area contributed by atoms with E-state index in [9.17, 15) is 18.8 Å². The zero-order valence-electron chi connectivity index (χ0n) is 17.6. The summed E-state index contributed by atoms with van der Waals surface area (Å²) in [5.41, 5.74) is -1.38. The number of ether oxygens (including phenoxy) is 1. The average molecular weight is 446 g/mol. The van der Waals surface area contributed by atoms with Crippen LogP contribution in [0.5, 0.6) is 5.75 Å². The maximum atomic E-state index is 14.3. The molecule has 9 heteroatoms. The number of rotatable bonds is 6. The lowest BCUT2D eigenvalue weighted by Crippen LogP contribution is -2.45. The number of anilines is 1.